The third-order valence-corrected chi connectivity index (χ3v) is 3.89. The molecule has 0 radical (unpaired) electrons. The Kier molecular flexibility index (Phi) is 4.36. The number of halogens is 1. The number of rotatable bonds is 4. The highest BCUT2D eigenvalue weighted by molar-refractivity contribution is 7.93. The summed E-state index contributed by atoms with van der Waals surface area (Å²) in [6.07, 6.45) is 0. The van der Waals surface area contributed by atoms with Gasteiger partial charge in [0.2, 0.25) is 10.0 Å². The Balaban J connectivity index is 3.16. The molecule has 0 bridgehead atoms. The van der Waals surface area contributed by atoms with Crippen LogP contribution >= 0.6 is 11.6 Å². The number of benzene rings is 1. The van der Waals surface area contributed by atoms with Gasteiger partial charge in [-0.15, -0.1) is 11.6 Å². The van der Waals surface area contributed by atoms with Crippen molar-refractivity contribution in [2.24, 2.45) is 0 Å². The van der Waals surface area contributed by atoms with Crippen LogP contribution in [0.3, 0.4) is 0 Å². The average Bonchev–Trinajstić information content (AvgIpc) is 2.31. The van der Waals surface area contributed by atoms with Crippen molar-refractivity contribution in [2.75, 3.05) is 17.0 Å². The number of hydrogen-bond acceptors (Lipinski definition) is 3. The van der Waals surface area contributed by atoms with E-state index in [2.05, 4.69) is 10.0 Å². The second-order valence-electron chi connectivity index (χ2n) is 3.38. The molecule has 0 aliphatic carbocycles. The standard InChI is InChI=1S/C10H13ClN2O3S/c1-7-8(10(14)12-2)4-3-5-9(7)13-17(15,16)6-11/h3-5,13H,6H2,1-2H3,(H,12,14). The van der Waals surface area contributed by atoms with Crippen LogP contribution in [0.25, 0.3) is 0 Å². The van der Waals surface area contributed by atoms with Crippen LogP contribution in [0.2, 0.25) is 0 Å². The van der Waals surface area contributed by atoms with Gasteiger partial charge >= 0.3 is 0 Å². The minimum atomic E-state index is -3.56. The van der Waals surface area contributed by atoms with Gasteiger partial charge in [-0.3, -0.25) is 9.52 Å². The van der Waals surface area contributed by atoms with Crippen LogP contribution < -0.4 is 10.0 Å². The van der Waals surface area contributed by atoms with Gasteiger partial charge in [0.1, 0.15) is 5.21 Å². The van der Waals surface area contributed by atoms with Crippen molar-refractivity contribution >= 4 is 33.2 Å². The minimum Gasteiger partial charge on any atom is -0.355 e. The summed E-state index contributed by atoms with van der Waals surface area (Å²) >= 11 is 5.30. The van der Waals surface area contributed by atoms with Gasteiger partial charge in [0.15, 0.2) is 0 Å². The number of carbonyl (C=O) groups excluding carboxylic acids is 1. The van der Waals surface area contributed by atoms with Gasteiger partial charge in [0.05, 0.1) is 5.69 Å². The second kappa shape index (κ2) is 5.37. The van der Waals surface area contributed by atoms with Crippen LogP contribution in [0, 0.1) is 6.92 Å². The van der Waals surface area contributed by atoms with Crippen LogP contribution in [0.4, 0.5) is 5.69 Å². The number of carbonyl (C=O) groups is 1. The largest absolute Gasteiger partial charge is 0.355 e. The van der Waals surface area contributed by atoms with Crippen LogP contribution in [0.5, 0.6) is 0 Å². The second-order valence-corrected chi connectivity index (χ2v) is 5.69. The van der Waals surface area contributed by atoms with Crippen LogP contribution in [-0.2, 0) is 10.0 Å². The molecule has 0 aliphatic rings. The molecule has 0 saturated carbocycles. The Morgan fingerprint density at radius 1 is 1.41 bits per heavy atom. The molecule has 94 valence electrons. The molecule has 0 unspecified atom stereocenters. The van der Waals surface area contributed by atoms with Crippen molar-refractivity contribution in [1.29, 1.82) is 0 Å². The van der Waals surface area contributed by atoms with E-state index in [0.717, 1.165) is 0 Å². The maximum absolute atomic E-state index is 11.5. The molecule has 0 fully saturated rings. The molecular formula is C10H13ClN2O3S. The molecule has 0 atom stereocenters. The van der Waals surface area contributed by atoms with Gasteiger partial charge < -0.3 is 5.32 Å². The molecule has 5 nitrogen and oxygen atoms in total. The van der Waals surface area contributed by atoms with Crippen LogP contribution in [0.1, 0.15) is 15.9 Å². The average molecular weight is 277 g/mol. The fourth-order valence-electron chi connectivity index (χ4n) is 1.32. The number of sulfonamides is 1. The molecule has 0 aromatic heterocycles. The molecule has 1 rings (SSSR count). The number of amides is 1. The van der Waals surface area contributed by atoms with Crippen LogP contribution in [0.15, 0.2) is 18.2 Å². The van der Waals surface area contributed by atoms with E-state index in [1.54, 1.807) is 25.1 Å². The molecule has 17 heavy (non-hydrogen) atoms. The normalized spacial score (nSPS) is 11.0. The van der Waals surface area contributed by atoms with Crippen molar-refractivity contribution in [3.05, 3.63) is 29.3 Å². The first-order valence-electron chi connectivity index (χ1n) is 4.79. The smallest absolute Gasteiger partial charge is 0.251 e. The summed E-state index contributed by atoms with van der Waals surface area (Å²) in [7, 11) is -2.05. The molecular weight excluding hydrogens is 264 g/mol. The molecule has 0 saturated heterocycles. The number of anilines is 1. The third-order valence-electron chi connectivity index (χ3n) is 2.21. The van der Waals surface area contributed by atoms with E-state index in [0.29, 0.717) is 16.8 Å². The number of nitrogens with one attached hydrogen (secondary N) is 2. The lowest BCUT2D eigenvalue weighted by atomic mass is 10.1. The molecule has 2 N–H and O–H groups in total. The number of hydrogen-bond donors (Lipinski definition) is 2. The van der Waals surface area contributed by atoms with Gasteiger partial charge in [-0.05, 0) is 24.6 Å². The summed E-state index contributed by atoms with van der Waals surface area (Å²) in [6, 6.07) is 4.79. The SMILES string of the molecule is CNC(=O)c1cccc(NS(=O)(=O)CCl)c1C. The van der Waals surface area contributed by atoms with Crippen molar-refractivity contribution in [2.45, 2.75) is 6.92 Å². The molecule has 0 spiro atoms. The molecule has 1 aromatic carbocycles. The topological polar surface area (TPSA) is 75.3 Å². The lowest BCUT2D eigenvalue weighted by Crippen LogP contribution is -2.20. The molecule has 0 aliphatic heterocycles. The lowest BCUT2D eigenvalue weighted by molar-refractivity contribution is 0.0962. The van der Waals surface area contributed by atoms with Crippen molar-refractivity contribution < 1.29 is 13.2 Å². The zero-order chi connectivity index (χ0) is 13.1. The highest BCUT2D eigenvalue weighted by Crippen LogP contribution is 2.20. The zero-order valence-corrected chi connectivity index (χ0v) is 11.0. The first-order valence-corrected chi connectivity index (χ1v) is 6.98. The van der Waals surface area contributed by atoms with Gasteiger partial charge in [0, 0.05) is 12.6 Å². The zero-order valence-electron chi connectivity index (χ0n) is 9.45. The quantitative estimate of drug-likeness (QED) is 0.814. The third kappa shape index (κ3) is 3.34. The van der Waals surface area contributed by atoms with Crippen LogP contribution in [-0.4, -0.2) is 26.6 Å². The van der Waals surface area contributed by atoms with Gasteiger partial charge in [0.25, 0.3) is 5.91 Å². The van der Waals surface area contributed by atoms with E-state index in [9.17, 15) is 13.2 Å². The fraction of sp³-hybridized carbons (Fsp3) is 0.300. The Morgan fingerprint density at radius 2 is 2.06 bits per heavy atom. The molecule has 0 heterocycles. The Labute approximate surface area is 105 Å². The summed E-state index contributed by atoms with van der Waals surface area (Å²) in [4.78, 5) is 11.5. The predicted octanol–water partition coefficient (Wildman–Crippen LogP) is 1.29. The summed E-state index contributed by atoms with van der Waals surface area (Å²) in [5, 5.41) is 1.95. The summed E-state index contributed by atoms with van der Waals surface area (Å²) in [6.45, 7) is 1.66. The van der Waals surface area contributed by atoms with E-state index in [1.807, 2.05) is 0 Å². The van der Waals surface area contributed by atoms with Gasteiger partial charge in [-0.25, -0.2) is 8.42 Å². The Bertz CT molecular complexity index is 528. The lowest BCUT2D eigenvalue weighted by Gasteiger charge is -2.11. The van der Waals surface area contributed by atoms with E-state index in [-0.39, 0.29) is 5.91 Å². The highest BCUT2D eigenvalue weighted by Gasteiger charge is 2.14. The fourth-order valence-corrected chi connectivity index (χ4v) is 2.10. The van der Waals surface area contributed by atoms with E-state index in [1.165, 1.54) is 7.05 Å². The van der Waals surface area contributed by atoms with E-state index < -0.39 is 15.2 Å². The molecule has 1 aromatic rings. The summed E-state index contributed by atoms with van der Waals surface area (Å²) in [5.74, 6) is -0.269. The Morgan fingerprint density at radius 3 is 2.59 bits per heavy atom. The molecule has 1 amide bonds. The highest BCUT2D eigenvalue weighted by atomic mass is 35.5. The number of alkyl halides is 1. The minimum absolute atomic E-state index is 0.269. The predicted molar refractivity (Wildman–Crippen MR) is 67.8 cm³/mol. The first-order chi connectivity index (χ1) is 7.91. The van der Waals surface area contributed by atoms with Crippen molar-refractivity contribution in [3.8, 4) is 0 Å². The Hall–Kier alpha value is -1.27. The van der Waals surface area contributed by atoms with Crippen molar-refractivity contribution in [1.82, 2.24) is 5.32 Å². The van der Waals surface area contributed by atoms with E-state index in [4.69, 9.17) is 11.6 Å². The van der Waals surface area contributed by atoms with Crippen molar-refractivity contribution in [3.63, 3.8) is 0 Å². The maximum atomic E-state index is 11.5. The van der Waals surface area contributed by atoms with E-state index >= 15 is 0 Å². The summed E-state index contributed by atoms with van der Waals surface area (Å²) < 4.78 is 25.0. The first kappa shape index (κ1) is 13.8. The monoisotopic (exact) mass is 276 g/mol. The summed E-state index contributed by atoms with van der Waals surface area (Å²) in [5.41, 5.74) is 1.33. The maximum Gasteiger partial charge on any atom is 0.251 e. The molecule has 7 heteroatoms. The van der Waals surface area contributed by atoms with Gasteiger partial charge in [-0.2, -0.15) is 0 Å². The van der Waals surface area contributed by atoms with Gasteiger partial charge in [-0.1, -0.05) is 6.07 Å².